The molecule has 7 atom stereocenters. The third kappa shape index (κ3) is 8.47. The van der Waals surface area contributed by atoms with E-state index in [-0.39, 0.29) is 42.5 Å². The normalized spacial score (nSPS) is 29.7. The Morgan fingerprint density at radius 3 is 2.44 bits per heavy atom. The number of halogens is 3. The zero-order chi connectivity index (χ0) is 44.3. The van der Waals surface area contributed by atoms with Gasteiger partial charge >= 0.3 is 12.3 Å². The van der Waals surface area contributed by atoms with Crippen molar-refractivity contribution in [2.45, 2.75) is 120 Å². The van der Waals surface area contributed by atoms with Gasteiger partial charge in [-0.15, -0.1) is 0 Å². The maximum absolute atomic E-state index is 15.1. The molecule has 0 unspecified atom stereocenters. The van der Waals surface area contributed by atoms with E-state index in [9.17, 15) is 41.1 Å². The fourth-order valence-corrected chi connectivity index (χ4v) is 10.4. The SMILES string of the molecule is C[C@H]1CCC=C[C@@H]2C[C@@]2(C(=O)NS(=O)(=O)C2(C)CC2)NC(=O)[C@@H]2C[C@@H](Oc3nccc4c(N5CCOCC5)cccc34)CN2C(=O)[C@@H](N(C(=O)O)C(C)(C)C(F)(F)F)[C@H](C)C1. The summed E-state index contributed by atoms with van der Waals surface area (Å²) in [6, 6.07) is 4.11. The number of rotatable bonds is 8. The van der Waals surface area contributed by atoms with Crippen LogP contribution in [0.5, 0.6) is 5.88 Å². The third-order valence-electron chi connectivity index (χ3n) is 13.4. The molecule has 0 bridgehead atoms. The van der Waals surface area contributed by atoms with E-state index in [0.717, 1.165) is 16.0 Å². The second-order valence-corrected chi connectivity index (χ2v) is 20.4. The zero-order valence-electron chi connectivity index (χ0n) is 35.0. The average molecular weight is 877 g/mol. The molecule has 5 aliphatic rings. The van der Waals surface area contributed by atoms with E-state index in [4.69, 9.17) is 9.47 Å². The molecule has 0 radical (unpaired) electrons. The van der Waals surface area contributed by atoms with Crippen LogP contribution in [0.1, 0.15) is 79.6 Å². The highest BCUT2D eigenvalue weighted by Crippen LogP contribution is 2.48. The van der Waals surface area contributed by atoms with E-state index in [1.807, 2.05) is 37.3 Å². The number of fused-ring (bicyclic) bond motifs is 3. The van der Waals surface area contributed by atoms with Crippen molar-refractivity contribution in [1.82, 2.24) is 24.8 Å². The maximum atomic E-state index is 15.1. The monoisotopic (exact) mass is 876 g/mol. The Morgan fingerprint density at radius 2 is 1.79 bits per heavy atom. The number of anilines is 1. The van der Waals surface area contributed by atoms with Crippen LogP contribution in [0.15, 0.2) is 42.6 Å². The Labute approximate surface area is 353 Å². The Morgan fingerprint density at radius 1 is 1.08 bits per heavy atom. The molecule has 4 fully saturated rings. The van der Waals surface area contributed by atoms with Gasteiger partial charge in [0.2, 0.25) is 27.7 Å². The Hall–Kier alpha value is -4.65. The highest BCUT2D eigenvalue weighted by molar-refractivity contribution is 7.91. The molecule has 4 heterocycles. The number of carbonyl (C=O) groups is 4. The summed E-state index contributed by atoms with van der Waals surface area (Å²) >= 11 is 0. The summed E-state index contributed by atoms with van der Waals surface area (Å²) < 4.78 is 83.9. The van der Waals surface area contributed by atoms with Gasteiger partial charge in [-0.1, -0.05) is 32.1 Å². The van der Waals surface area contributed by atoms with Crippen molar-refractivity contribution >= 4 is 50.3 Å². The van der Waals surface area contributed by atoms with Gasteiger partial charge in [-0.05, 0) is 89.3 Å². The quantitative estimate of drug-likeness (QED) is 0.303. The van der Waals surface area contributed by atoms with Crippen molar-refractivity contribution in [1.29, 1.82) is 0 Å². The third-order valence-corrected chi connectivity index (χ3v) is 15.5. The van der Waals surface area contributed by atoms with E-state index in [2.05, 4.69) is 19.9 Å². The number of hydrogen-bond donors (Lipinski definition) is 3. The molecule has 2 saturated carbocycles. The Bertz CT molecular complexity index is 2190. The van der Waals surface area contributed by atoms with Crippen LogP contribution in [-0.2, 0) is 29.1 Å². The Kier molecular flexibility index (Phi) is 11.8. The lowest BCUT2D eigenvalue weighted by molar-refractivity contribution is -0.222. The van der Waals surface area contributed by atoms with Crippen LogP contribution >= 0.6 is 0 Å². The number of nitrogens with one attached hydrogen (secondary N) is 2. The van der Waals surface area contributed by atoms with Crippen LogP contribution in [-0.4, -0.2) is 125 Å². The predicted molar refractivity (Wildman–Crippen MR) is 218 cm³/mol. The van der Waals surface area contributed by atoms with Gasteiger partial charge in [0.15, 0.2) is 0 Å². The predicted octanol–water partition coefficient (Wildman–Crippen LogP) is 4.99. The lowest BCUT2D eigenvalue weighted by atomic mass is 9.85. The largest absolute Gasteiger partial charge is 0.472 e. The summed E-state index contributed by atoms with van der Waals surface area (Å²) in [5.41, 5.74) is -3.83. The molecular weight excluding hydrogens is 822 g/mol. The number of nitrogens with zero attached hydrogens (tertiary/aromatic N) is 4. The summed E-state index contributed by atoms with van der Waals surface area (Å²) in [4.78, 5) is 64.6. The molecule has 2 aliphatic carbocycles. The number of sulfonamides is 1. The van der Waals surface area contributed by atoms with E-state index < -0.39 is 85.9 Å². The van der Waals surface area contributed by atoms with Crippen LogP contribution in [0.3, 0.4) is 0 Å². The molecule has 1 aromatic heterocycles. The molecule has 19 heteroatoms. The first kappa shape index (κ1) is 44.4. The molecule has 1 aromatic carbocycles. The number of carbonyl (C=O) groups excluding carboxylic acids is 3. The number of carboxylic acid groups (broad SMARTS) is 1. The maximum Gasteiger partial charge on any atom is 0.411 e. The summed E-state index contributed by atoms with van der Waals surface area (Å²) in [7, 11) is -4.12. The van der Waals surface area contributed by atoms with Crippen LogP contribution in [0.25, 0.3) is 10.8 Å². The van der Waals surface area contributed by atoms with Crippen molar-refractivity contribution < 1.29 is 55.3 Å². The van der Waals surface area contributed by atoms with Gasteiger partial charge in [-0.3, -0.25) is 24.0 Å². The molecule has 2 saturated heterocycles. The van der Waals surface area contributed by atoms with Gasteiger partial charge in [-0.25, -0.2) is 18.2 Å². The van der Waals surface area contributed by atoms with E-state index in [1.165, 1.54) is 13.8 Å². The van der Waals surface area contributed by atoms with Crippen LogP contribution < -0.4 is 19.7 Å². The minimum Gasteiger partial charge on any atom is -0.472 e. The molecule has 15 nitrogen and oxygen atoms in total. The first-order chi connectivity index (χ1) is 28.6. The fourth-order valence-electron chi connectivity index (χ4n) is 9.08. The number of aromatic nitrogens is 1. The minimum atomic E-state index is -5.09. The van der Waals surface area contributed by atoms with Gasteiger partial charge in [0.25, 0.3) is 5.91 Å². The number of pyridine rings is 1. The number of hydrogen-bond acceptors (Lipinski definition) is 10. The van der Waals surface area contributed by atoms with Crippen molar-refractivity contribution in [3.63, 3.8) is 0 Å². The van der Waals surface area contributed by atoms with Gasteiger partial charge in [0.05, 0.1) is 24.5 Å². The summed E-state index contributed by atoms with van der Waals surface area (Å²) in [5.74, 6) is -4.39. The summed E-state index contributed by atoms with van der Waals surface area (Å²) in [5, 5.41) is 14.7. The first-order valence-corrected chi connectivity index (χ1v) is 22.4. The van der Waals surface area contributed by atoms with E-state index in [0.29, 0.717) is 71.2 Å². The summed E-state index contributed by atoms with van der Waals surface area (Å²) in [6.45, 7) is 8.40. The highest BCUT2D eigenvalue weighted by Gasteiger charge is 2.64. The number of allylic oxidation sites excluding steroid dienone is 1. The highest BCUT2D eigenvalue weighted by atomic mass is 32.2. The number of alkyl halides is 3. The van der Waals surface area contributed by atoms with Gasteiger partial charge in [-0.2, -0.15) is 13.2 Å². The number of morpholine rings is 1. The van der Waals surface area contributed by atoms with E-state index >= 15 is 4.79 Å². The molecule has 0 spiro atoms. The molecular formula is C42H55F3N6O9S. The standard InChI is InChI=1S/C42H55F3N6O9S/c1-25-9-6-7-10-27-23-41(27,37(54)48-61(57,58)40(5)14-15-40)47-34(52)32-22-28(60-35-30-11-8-12-31(29(30)13-16-46-35)49-17-19-59-20-18-49)24-50(32)36(53)33(26(2)21-25)51(38(55)56)39(3,4)42(43,44)45/h7-8,10-13,16,25-28,32-33H,6,9,14-15,17-24H2,1-5H3,(H,47,52)(H,48,54)(H,55,56)/t25-,26+,27+,28+,32-,33-,41+/m0/s1. The smallest absolute Gasteiger partial charge is 0.411 e. The molecule has 3 aliphatic heterocycles. The van der Waals surface area contributed by atoms with Crippen LogP contribution in [0.2, 0.25) is 0 Å². The van der Waals surface area contributed by atoms with Crippen LogP contribution in [0, 0.1) is 17.8 Å². The molecule has 4 amide bonds. The zero-order valence-corrected chi connectivity index (χ0v) is 35.9. The van der Waals surface area contributed by atoms with Crippen molar-refractivity contribution in [2.75, 3.05) is 37.7 Å². The van der Waals surface area contributed by atoms with Crippen molar-refractivity contribution in [2.24, 2.45) is 17.8 Å². The van der Waals surface area contributed by atoms with Crippen molar-refractivity contribution in [3.8, 4) is 5.88 Å². The number of ether oxygens (including phenoxy) is 2. The molecule has 61 heavy (non-hydrogen) atoms. The average Bonchev–Trinajstić information content (AvgIpc) is 4.07. The summed E-state index contributed by atoms with van der Waals surface area (Å²) in [6.07, 6.45) is -1.19. The fraction of sp³-hybridized carbons (Fsp3) is 0.643. The lowest BCUT2D eigenvalue weighted by Crippen LogP contribution is -2.66. The van der Waals surface area contributed by atoms with Gasteiger partial charge in [0, 0.05) is 48.1 Å². The minimum absolute atomic E-state index is 0.0566. The lowest BCUT2D eigenvalue weighted by Gasteiger charge is -2.45. The molecule has 334 valence electrons. The van der Waals surface area contributed by atoms with Gasteiger partial charge in [0.1, 0.15) is 29.3 Å². The second kappa shape index (κ2) is 16.2. The van der Waals surface area contributed by atoms with Crippen molar-refractivity contribution in [3.05, 3.63) is 42.6 Å². The van der Waals surface area contributed by atoms with Gasteiger partial charge < -0.3 is 29.7 Å². The number of benzene rings is 1. The molecule has 3 N–H and O–H groups in total. The van der Waals surface area contributed by atoms with Crippen LogP contribution in [0.4, 0.5) is 23.7 Å². The molecule has 7 rings (SSSR count). The topological polar surface area (TPSA) is 188 Å². The van der Waals surface area contributed by atoms with E-state index in [1.54, 1.807) is 12.3 Å². The first-order valence-electron chi connectivity index (χ1n) is 20.9. The molecule has 2 aromatic rings. The Balaban J connectivity index is 1.28. The second-order valence-electron chi connectivity index (χ2n) is 18.2. The number of amides is 4.